The van der Waals surface area contributed by atoms with Gasteiger partial charge in [0.25, 0.3) is 5.91 Å². The van der Waals surface area contributed by atoms with Crippen molar-refractivity contribution in [3.05, 3.63) is 71.8 Å². The lowest BCUT2D eigenvalue weighted by Gasteiger charge is -2.28. The van der Waals surface area contributed by atoms with Crippen LogP contribution in [-0.4, -0.2) is 29.0 Å². The number of carbonyl (C=O) groups is 1. The van der Waals surface area contributed by atoms with Crippen LogP contribution in [0.1, 0.15) is 77.5 Å². The summed E-state index contributed by atoms with van der Waals surface area (Å²) in [4.78, 5) is 25.2. The first-order chi connectivity index (χ1) is 18.9. The minimum absolute atomic E-state index is 0.173. The van der Waals surface area contributed by atoms with E-state index < -0.39 is 0 Å². The van der Waals surface area contributed by atoms with Gasteiger partial charge in [-0.05, 0) is 87.3 Å². The lowest BCUT2D eigenvalue weighted by atomic mass is 9.93. The molecule has 1 aliphatic rings. The number of benzene rings is 1. The highest BCUT2D eigenvalue weighted by Crippen LogP contribution is 2.33. The molecule has 0 atom stereocenters. The number of aromatic nitrogens is 2. The third kappa shape index (κ3) is 7.47. The number of nitrogen functional groups attached to an aromatic ring is 1. The third-order valence-electron chi connectivity index (χ3n) is 7.58. The molecule has 1 saturated heterocycles. The first kappa shape index (κ1) is 28.3. The number of aryl methyl sites for hydroxylation is 1. The van der Waals surface area contributed by atoms with Gasteiger partial charge in [-0.15, -0.1) is 0 Å². The first-order valence-corrected chi connectivity index (χ1v) is 14.4. The van der Waals surface area contributed by atoms with E-state index in [1.54, 1.807) is 6.20 Å². The summed E-state index contributed by atoms with van der Waals surface area (Å²) in [5.74, 6) is 0.518. The Hall–Kier alpha value is -3.67. The van der Waals surface area contributed by atoms with Gasteiger partial charge in [-0.2, -0.15) is 0 Å². The van der Waals surface area contributed by atoms with Gasteiger partial charge in [0, 0.05) is 47.4 Å². The van der Waals surface area contributed by atoms with Crippen LogP contribution in [0.15, 0.2) is 60.6 Å². The fraction of sp³-hybridized carbons (Fsp3) is 0.424. The van der Waals surface area contributed by atoms with E-state index in [0.29, 0.717) is 22.9 Å². The molecule has 6 heteroatoms. The van der Waals surface area contributed by atoms with Crippen LogP contribution in [-0.2, 0) is 11.2 Å². The van der Waals surface area contributed by atoms with Gasteiger partial charge in [-0.3, -0.25) is 14.8 Å². The second-order valence-corrected chi connectivity index (χ2v) is 11.1. The number of hydrogen-bond acceptors (Lipinski definition) is 5. The predicted molar refractivity (Wildman–Crippen MR) is 164 cm³/mol. The molecular weight excluding hydrogens is 482 g/mol. The molecule has 1 amide bonds. The number of nitrogens with two attached hydrogens (primary N) is 1. The summed E-state index contributed by atoms with van der Waals surface area (Å²) in [6, 6.07) is 12.1. The van der Waals surface area contributed by atoms with Crippen molar-refractivity contribution in [3.63, 3.8) is 0 Å². The second-order valence-electron chi connectivity index (χ2n) is 11.1. The maximum Gasteiger partial charge on any atom is 0.256 e. The molecule has 0 saturated carbocycles. The van der Waals surface area contributed by atoms with Crippen LogP contribution >= 0.6 is 0 Å². The standard InChI is InChI=1S/C33H43N5O/c1-5-24(4)32(33(39)37-28-14-13-27(36-21-28)11-9-10-23(2)3)30-19-25(12-15-31(30)34)26-18-29(22-35-20-26)38-16-7-6-8-17-38/h12-15,18-23H,5-11,16-17,34H2,1-4H3,(H,37,39). The summed E-state index contributed by atoms with van der Waals surface area (Å²) in [7, 11) is 0. The van der Waals surface area contributed by atoms with Gasteiger partial charge < -0.3 is 16.0 Å². The Labute approximate surface area is 233 Å². The number of rotatable bonds is 10. The Morgan fingerprint density at radius 2 is 1.82 bits per heavy atom. The average molecular weight is 526 g/mol. The van der Waals surface area contributed by atoms with Gasteiger partial charge in [0.1, 0.15) is 0 Å². The zero-order valence-corrected chi connectivity index (χ0v) is 24.0. The molecule has 0 spiro atoms. The van der Waals surface area contributed by atoms with Crippen molar-refractivity contribution in [1.82, 2.24) is 9.97 Å². The van der Waals surface area contributed by atoms with Crippen molar-refractivity contribution in [2.45, 2.75) is 72.6 Å². The number of piperidine rings is 1. The molecular formula is C33H43N5O. The Balaban J connectivity index is 1.57. The lowest BCUT2D eigenvalue weighted by Crippen LogP contribution is -2.29. The Kier molecular flexibility index (Phi) is 9.74. The Morgan fingerprint density at radius 1 is 1.03 bits per heavy atom. The van der Waals surface area contributed by atoms with E-state index in [4.69, 9.17) is 5.73 Å². The quantitative estimate of drug-likeness (QED) is 0.211. The topological polar surface area (TPSA) is 84.1 Å². The Bertz CT molecular complexity index is 1290. The number of nitrogens with one attached hydrogen (secondary N) is 1. The van der Waals surface area contributed by atoms with Gasteiger partial charge >= 0.3 is 0 Å². The average Bonchev–Trinajstić information content (AvgIpc) is 2.95. The monoisotopic (exact) mass is 525 g/mol. The number of amides is 1. The van der Waals surface area contributed by atoms with Crippen LogP contribution in [0.3, 0.4) is 0 Å². The van der Waals surface area contributed by atoms with E-state index >= 15 is 0 Å². The maximum atomic E-state index is 13.6. The van der Waals surface area contributed by atoms with Crippen molar-refractivity contribution in [3.8, 4) is 11.1 Å². The smallest absolute Gasteiger partial charge is 0.256 e. The van der Waals surface area contributed by atoms with E-state index in [1.807, 2.05) is 49.6 Å². The number of allylic oxidation sites excluding steroid dienone is 1. The molecule has 4 rings (SSSR count). The van der Waals surface area contributed by atoms with E-state index in [-0.39, 0.29) is 5.91 Å². The van der Waals surface area contributed by atoms with E-state index in [1.165, 1.54) is 25.7 Å². The number of pyridine rings is 2. The molecule has 6 nitrogen and oxygen atoms in total. The highest BCUT2D eigenvalue weighted by Gasteiger charge is 2.19. The van der Waals surface area contributed by atoms with Gasteiger partial charge in [-0.1, -0.05) is 38.8 Å². The summed E-state index contributed by atoms with van der Waals surface area (Å²) in [6.07, 6.45) is 13.3. The van der Waals surface area contributed by atoms with Gasteiger partial charge in [0.05, 0.1) is 23.8 Å². The normalized spacial score (nSPS) is 14.3. The van der Waals surface area contributed by atoms with Crippen molar-refractivity contribution in [2.75, 3.05) is 29.0 Å². The Morgan fingerprint density at radius 3 is 2.51 bits per heavy atom. The van der Waals surface area contributed by atoms with Crippen molar-refractivity contribution in [2.24, 2.45) is 5.92 Å². The minimum Gasteiger partial charge on any atom is -0.398 e. The molecule has 3 aromatic rings. The minimum atomic E-state index is -0.173. The fourth-order valence-corrected chi connectivity index (χ4v) is 5.12. The number of hydrogen-bond donors (Lipinski definition) is 2. The molecule has 1 fully saturated rings. The second kappa shape index (κ2) is 13.4. The van der Waals surface area contributed by atoms with E-state index in [0.717, 1.165) is 66.0 Å². The number of carbonyl (C=O) groups excluding carboxylic acids is 1. The molecule has 1 aliphatic heterocycles. The zero-order chi connectivity index (χ0) is 27.8. The summed E-state index contributed by atoms with van der Waals surface area (Å²) >= 11 is 0. The molecule has 1 aromatic carbocycles. The van der Waals surface area contributed by atoms with Crippen molar-refractivity contribution >= 4 is 28.5 Å². The molecule has 0 unspecified atom stereocenters. The molecule has 0 aliphatic carbocycles. The maximum absolute atomic E-state index is 13.6. The summed E-state index contributed by atoms with van der Waals surface area (Å²) in [6.45, 7) is 10.7. The van der Waals surface area contributed by atoms with Crippen LogP contribution in [0, 0.1) is 5.92 Å². The van der Waals surface area contributed by atoms with Crippen molar-refractivity contribution in [1.29, 1.82) is 0 Å². The highest BCUT2D eigenvalue weighted by atomic mass is 16.1. The third-order valence-corrected chi connectivity index (χ3v) is 7.58. The first-order valence-electron chi connectivity index (χ1n) is 14.4. The SMILES string of the molecule is CCC(C)=C(C(=O)Nc1ccc(CCCC(C)C)nc1)c1cc(-c2cncc(N3CCCCC3)c2)ccc1N. The summed E-state index contributed by atoms with van der Waals surface area (Å²) in [5.41, 5.74) is 14.3. The highest BCUT2D eigenvalue weighted by molar-refractivity contribution is 6.27. The summed E-state index contributed by atoms with van der Waals surface area (Å²) in [5, 5.41) is 3.06. The molecule has 39 heavy (non-hydrogen) atoms. The fourth-order valence-electron chi connectivity index (χ4n) is 5.12. The largest absolute Gasteiger partial charge is 0.398 e. The van der Waals surface area contributed by atoms with Gasteiger partial charge in [0.15, 0.2) is 0 Å². The van der Waals surface area contributed by atoms with Crippen LogP contribution in [0.25, 0.3) is 16.7 Å². The molecule has 3 heterocycles. The zero-order valence-electron chi connectivity index (χ0n) is 24.0. The molecule has 2 aromatic heterocycles. The van der Waals surface area contributed by atoms with E-state index in [2.05, 4.69) is 47.0 Å². The number of nitrogens with zero attached hydrogens (tertiary/aromatic N) is 3. The van der Waals surface area contributed by atoms with Gasteiger partial charge in [0.2, 0.25) is 0 Å². The van der Waals surface area contributed by atoms with Crippen LogP contribution in [0.5, 0.6) is 0 Å². The number of anilines is 3. The molecule has 3 N–H and O–H groups in total. The van der Waals surface area contributed by atoms with Crippen LogP contribution in [0.4, 0.5) is 17.1 Å². The molecule has 0 bridgehead atoms. The molecule has 206 valence electrons. The van der Waals surface area contributed by atoms with Crippen LogP contribution in [0.2, 0.25) is 0 Å². The van der Waals surface area contributed by atoms with E-state index in [9.17, 15) is 4.79 Å². The lowest BCUT2D eigenvalue weighted by molar-refractivity contribution is -0.111. The summed E-state index contributed by atoms with van der Waals surface area (Å²) < 4.78 is 0. The molecule has 0 radical (unpaired) electrons. The predicted octanol–water partition coefficient (Wildman–Crippen LogP) is 7.52. The van der Waals surface area contributed by atoms with Crippen molar-refractivity contribution < 1.29 is 4.79 Å². The van der Waals surface area contributed by atoms with Gasteiger partial charge in [-0.25, -0.2) is 0 Å². The van der Waals surface area contributed by atoms with Crippen LogP contribution < -0.4 is 16.0 Å².